The number of nitrogen functional groups attached to an aromatic ring is 1. The molecule has 3 heterocycles. The first-order valence-electron chi connectivity index (χ1n) is 5.71. The first-order valence-corrected chi connectivity index (χ1v) is 5.71. The maximum atomic E-state index is 6.02. The molecule has 0 saturated heterocycles. The van der Waals surface area contributed by atoms with Crippen LogP contribution in [0.4, 0.5) is 11.5 Å². The minimum atomic E-state index is 0.741. The van der Waals surface area contributed by atoms with Gasteiger partial charge in [-0.05, 0) is 18.6 Å². The van der Waals surface area contributed by atoms with E-state index in [1.807, 2.05) is 31.6 Å². The Bertz CT molecular complexity index is 546. The van der Waals surface area contributed by atoms with Crippen molar-refractivity contribution in [2.45, 2.75) is 20.0 Å². The molecular formula is C12H15N5. The summed E-state index contributed by atoms with van der Waals surface area (Å²) in [6, 6.07) is 1.96. The maximum Gasteiger partial charge on any atom is 0.152 e. The summed E-state index contributed by atoms with van der Waals surface area (Å²) in [5.74, 6) is 1.93. The van der Waals surface area contributed by atoms with Crippen LogP contribution in [0.5, 0.6) is 0 Å². The average molecular weight is 229 g/mol. The number of pyridine rings is 1. The van der Waals surface area contributed by atoms with Crippen molar-refractivity contribution in [1.82, 2.24) is 14.5 Å². The standard InChI is InChI=1S/C12H15N5/c1-9-6-10(13)12(15-7-9)17-5-4-16-3-2-14-11(16)8-17/h2-3,6-7H,4-5,8,13H2,1H3. The quantitative estimate of drug-likeness (QED) is 0.798. The Morgan fingerprint density at radius 3 is 3.00 bits per heavy atom. The average Bonchev–Trinajstić information content (AvgIpc) is 2.75. The molecule has 0 bridgehead atoms. The summed E-state index contributed by atoms with van der Waals surface area (Å²) >= 11 is 0. The second-order valence-electron chi connectivity index (χ2n) is 4.38. The van der Waals surface area contributed by atoms with Crippen molar-refractivity contribution in [2.24, 2.45) is 0 Å². The lowest BCUT2D eigenvalue weighted by Gasteiger charge is -2.29. The molecule has 0 amide bonds. The van der Waals surface area contributed by atoms with Crippen LogP contribution in [0.1, 0.15) is 11.4 Å². The van der Waals surface area contributed by atoms with Crippen LogP contribution >= 0.6 is 0 Å². The van der Waals surface area contributed by atoms with E-state index >= 15 is 0 Å². The summed E-state index contributed by atoms with van der Waals surface area (Å²) in [5.41, 5.74) is 7.84. The van der Waals surface area contributed by atoms with E-state index in [0.717, 1.165) is 42.5 Å². The lowest BCUT2D eigenvalue weighted by molar-refractivity contribution is 0.556. The Labute approximate surface area is 99.9 Å². The van der Waals surface area contributed by atoms with Crippen molar-refractivity contribution < 1.29 is 0 Å². The third kappa shape index (κ3) is 1.73. The molecule has 2 aromatic heterocycles. The Kier molecular flexibility index (Phi) is 2.24. The number of anilines is 2. The second kappa shape index (κ2) is 3.76. The fourth-order valence-corrected chi connectivity index (χ4v) is 2.20. The summed E-state index contributed by atoms with van der Waals surface area (Å²) in [5, 5.41) is 0. The number of nitrogens with zero attached hydrogens (tertiary/aromatic N) is 4. The number of hydrogen-bond donors (Lipinski definition) is 1. The lowest BCUT2D eigenvalue weighted by Crippen LogP contribution is -2.34. The largest absolute Gasteiger partial charge is 0.396 e. The first-order chi connectivity index (χ1) is 8.24. The van der Waals surface area contributed by atoms with Crippen LogP contribution in [-0.4, -0.2) is 21.1 Å². The number of nitrogens with two attached hydrogens (primary N) is 1. The number of fused-ring (bicyclic) bond motifs is 1. The minimum absolute atomic E-state index is 0.741. The fraction of sp³-hybridized carbons (Fsp3) is 0.333. The van der Waals surface area contributed by atoms with Gasteiger partial charge in [0.25, 0.3) is 0 Å². The Morgan fingerprint density at radius 2 is 2.18 bits per heavy atom. The molecular weight excluding hydrogens is 214 g/mol. The van der Waals surface area contributed by atoms with Crippen molar-refractivity contribution in [3.63, 3.8) is 0 Å². The molecule has 17 heavy (non-hydrogen) atoms. The van der Waals surface area contributed by atoms with Gasteiger partial charge < -0.3 is 15.2 Å². The molecule has 0 radical (unpaired) electrons. The summed E-state index contributed by atoms with van der Waals surface area (Å²) in [6.07, 6.45) is 5.70. The van der Waals surface area contributed by atoms with Gasteiger partial charge in [-0.2, -0.15) is 0 Å². The molecule has 0 aliphatic carbocycles. The number of hydrogen-bond acceptors (Lipinski definition) is 4. The Balaban J connectivity index is 1.91. The number of rotatable bonds is 1. The highest BCUT2D eigenvalue weighted by Crippen LogP contribution is 2.24. The van der Waals surface area contributed by atoms with Gasteiger partial charge in [0.05, 0.1) is 12.2 Å². The lowest BCUT2D eigenvalue weighted by atomic mass is 10.2. The molecule has 0 aromatic carbocycles. The zero-order valence-electron chi connectivity index (χ0n) is 9.80. The zero-order chi connectivity index (χ0) is 11.8. The maximum absolute atomic E-state index is 6.02. The molecule has 2 N–H and O–H groups in total. The molecule has 0 fully saturated rings. The van der Waals surface area contributed by atoms with E-state index < -0.39 is 0 Å². The van der Waals surface area contributed by atoms with E-state index in [0.29, 0.717) is 0 Å². The van der Waals surface area contributed by atoms with E-state index in [2.05, 4.69) is 19.4 Å². The monoisotopic (exact) mass is 229 g/mol. The molecule has 0 spiro atoms. The van der Waals surface area contributed by atoms with Gasteiger partial charge in [-0.1, -0.05) is 0 Å². The normalized spacial score (nSPS) is 14.8. The molecule has 3 rings (SSSR count). The van der Waals surface area contributed by atoms with Crippen LogP contribution in [0.2, 0.25) is 0 Å². The van der Waals surface area contributed by atoms with Crippen molar-refractivity contribution in [1.29, 1.82) is 0 Å². The molecule has 1 aliphatic heterocycles. The van der Waals surface area contributed by atoms with Gasteiger partial charge in [-0.3, -0.25) is 0 Å². The fourth-order valence-electron chi connectivity index (χ4n) is 2.20. The van der Waals surface area contributed by atoms with E-state index in [1.54, 1.807) is 0 Å². The third-order valence-corrected chi connectivity index (χ3v) is 3.08. The summed E-state index contributed by atoms with van der Waals surface area (Å²) < 4.78 is 2.17. The smallest absolute Gasteiger partial charge is 0.152 e. The predicted octanol–water partition coefficient (Wildman–Crippen LogP) is 1.19. The highest BCUT2D eigenvalue weighted by atomic mass is 15.3. The third-order valence-electron chi connectivity index (χ3n) is 3.08. The molecule has 0 unspecified atom stereocenters. The van der Waals surface area contributed by atoms with Crippen molar-refractivity contribution in [3.05, 3.63) is 36.0 Å². The van der Waals surface area contributed by atoms with E-state index in [1.165, 1.54) is 0 Å². The predicted molar refractivity (Wildman–Crippen MR) is 66.7 cm³/mol. The van der Waals surface area contributed by atoms with Crippen LogP contribution in [0.25, 0.3) is 0 Å². The van der Waals surface area contributed by atoms with Gasteiger partial charge in [0.1, 0.15) is 5.82 Å². The minimum Gasteiger partial charge on any atom is -0.396 e. The molecule has 5 heteroatoms. The van der Waals surface area contributed by atoms with Crippen molar-refractivity contribution in [2.75, 3.05) is 17.2 Å². The van der Waals surface area contributed by atoms with Gasteiger partial charge in [-0.25, -0.2) is 9.97 Å². The molecule has 2 aromatic rings. The SMILES string of the molecule is Cc1cnc(N2CCn3ccnc3C2)c(N)c1. The number of imidazole rings is 1. The van der Waals surface area contributed by atoms with Crippen molar-refractivity contribution in [3.8, 4) is 0 Å². The summed E-state index contributed by atoms with van der Waals surface area (Å²) in [6.45, 7) is 4.62. The van der Waals surface area contributed by atoms with Crippen LogP contribution in [0.3, 0.4) is 0 Å². The van der Waals surface area contributed by atoms with Gasteiger partial charge in [-0.15, -0.1) is 0 Å². The van der Waals surface area contributed by atoms with Crippen molar-refractivity contribution >= 4 is 11.5 Å². The van der Waals surface area contributed by atoms with Crippen LogP contribution < -0.4 is 10.6 Å². The summed E-state index contributed by atoms with van der Waals surface area (Å²) in [4.78, 5) is 10.9. The Morgan fingerprint density at radius 1 is 1.29 bits per heavy atom. The molecule has 0 atom stereocenters. The topological polar surface area (TPSA) is 60.0 Å². The highest BCUT2D eigenvalue weighted by molar-refractivity contribution is 5.63. The zero-order valence-corrected chi connectivity index (χ0v) is 9.80. The van der Waals surface area contributed by atoms with Gasteiger partial charge in [0.2, 0.25) is 0 Å². The molecule has 1 aliphatic rings. The van der Waals surface area contributed by atoms with E-state index in [4.69, 9.17) is 5.73 Å². The van der Waals surface area contributed by atoms with Crippen LogP contribution in [0, 0.1) is 6.92 Å². The Hall–Kier alpha value is -2.04. The van der Waals surface area contributed by atoms with Crippen LogP contribution in [0.15, 0.2) is 24.7 Å². The number of aromatic nitrogens is 3. The van der Waals surface area contributed by atoms with Crippen LogP contribution in [-0.2, 0) is 13.1 Å². The molecule has 88 valence electrons. The van der Waals surface area contributed by atoms with Gasteiger partial charge >= 0.3 is 0 Å². The molecule has 0 saturated carbocycles. The second-order valence-corrected chi connectivity index (χ2v) is 4.38. The van der Waals surface area contributed by atoms with Gasteiger partial charge in [0.15, 0.2) is 5.82 Å². The number of aryl methyl sites for hydroxylation is 1. The van der Waals surface area contributed by atoms with Gasteiger partial charge in [0, 0.05) is 31.7 Å². The summed E-state index contributed by atoms with van der Waals surface area (Å²) in [7, 11) is 0. The highest BCUT2D eigenvalue weighted by Gasteiger charge is 2.19. The molecule has 5 nitrogen and oxygen atoms in total. The first kappa shape index (κ1) is 10.1. The van der Waals surface area contributed by atoms with E-state index in [-0.39, 0.29) is 0 Å². The van der Waals surface area contributed by atoms with E-state index in [9.17, 15) is 0 Å².